The zero-order chi connectivity index (χ0) is 25.3. The number of hydrogen-bond donors (Lipinski definition) is 2. The van der Waals surface area contributed by atoms with Gasteiger partial charge in [0.1, 0.15) is 10.6 Å². The third-order valence-corrected chi connectivity index (χ3v) is 9.83. The fourth-order valence-corrected chi connectivity index (χ4v) is 5.91. The van der Waals surface area contributed by atoms with Crippen LogP contribution in [0.2, 0.25) is 0 Å². The lowest BCUT2D eigenvalue weighted by atomic mass is 10.1. The summed E-state index contributed by atoms with van der Waals surface area (Å²) in [6.07, 6.45) is 0. The van der Waals surface area contributed by atoms with E-state index in [1.165, 1.54) is 5.69 Å². The molecule has 37 heavy (non-hydrogen) atoms. The molecule has 2 aromatic carbocycles. The first kappa shape index (κ1) is 27.3. The van der Waals surface area contributed by atoms with Gasteiger partial charge in [0.25, 0.3) is 0 Å². The molecule has 0 saturated carbocycles. The monoisotopic (exact) mass is 557 g/mol. The van der Waals surface area contributed by atoms with E-state index in [0.29, 0.717) is 5.82 Å². The number of fused-ring (bicyclic) bond motifs is 1. The highest BCUT2D eigenvalue weighted by Crippen LogP contribution is 2.31. The SMILES string of the molecule is CC(C)(C)S(=O)(=O)Cc1ccc(Nc2nc(-c3ccc(N4CCNCC4)cc3)nc3sccc23)cc1.Cl. The van der Waals surface area contributed by atoms with Crippen LogP contribution < -0.4 is 15.5 Å². The van der Waals surface area contributed by atoms with E-state index in [1.807, 2.05) is 35.7 Å². The van der Waals surface area contributed by atoms with Gasteiger partial charge in [-0.05, 0) is 74.2 Å². The quantitative estimate of drug-likeness (QED) is 0.317. The zero-order valence-electron chi connectivity index (χ0n) is 21.2. The maximum atomic E-state index is 12.6. The lowest BCUT2D eigenvalue weighted by Crippen LogP contribution is -2.43. The lowest BCUT2D eigenvalue weighted by Gasteiger charge is -2.29. The lowest BCUT2D eigenvalue weighted by molar-refractivity contribution is 0.559. The van der Waals surface area contributed by atoms with Crippen molar-refractivity contribution in [1.29, 1.82) is 0 Å². The summed E-state index contributed by atoms with van der Waals surface area (Å²) in [4.78, 5) is 13.0. The molecule has 7 nitrogen and oxygen atoms in total. The van der Waals surface area contributed by atoms with E-state index in [2.05, 4.69) is 39.8 Å². The van der Waals surface area contributed by atoms with E-state index in [1.54, 1.807) is 32.1 Å². The molecule has 10 heteroatoms. The van der Waals surface area contributed by atoms with Gasteiger partial charge in [-0.3, -0.25) is 0 Å². The molecule has 0 atom stereocenters. The van der Waals surface area contributed by atoms with Crippen molar-refractivity contribution in [3.05, 3.63) is 65.5 Å². The molecule has 0 aliphatic carbocycles. The highest BCUT2D eigenvalue weighted by molar-refractivity contribution is 7.91. The van der Waals surface area contributed by atoms with Crippen molar-refractivity contribution in [2.24, 2.45) is 0 Å². The summed E-state index contributed by atoms with van der Waals surface area (Å²) in [5.41, 5.74) is 3.79. The van der Waals surface area contributed by atoms with Crippen LogP contribution in [0.4, 0.5) is 17.2 Å². The van der Waals surface area contributed by atoms with Crippen LogP contribution in [0.5, 0.6) is 0 Å². The second kappa shape index (κ2) is 10.9. The predicted octanol–water partition coefficient (Wildman–Crippen LogP) is 5.65. The summed E-state index contributed by atoms with van der Waals surface area (Å²) in [5.74, 6) is 1.43. The Hall–Kier alpha value is -2.72. The molecule has 0 amide bonds. The highest BCUT2D eigenvalue weighted by Gasteiger charge is 2.28. The number of benzene rings is 2. The van der Waals surface area contributed by atoms with Crippen molar-refractivity contribution in [3.8, 4) is 11.4 Å². The Morgan fingerprint density at radius 1 is 0.973 bits per heavy atom. The number of thiophene rings is 1. The summed E-state index contributed by atoms with van der Waals surface area (Å²) in [5, 5.41) is 9.78. The molecule has 196 valence electrons. The van der Waals surface area contributed by atoms with Gasteiger partial charge in [-0.25, -0.2) is 18.4 Å². The van der Waals surface area contributed by atoms with Gasteiger partial charge in [0.05, 0.1) is 15.9 Å². The minimum absolute atomic E-state index is 0. The summed E-state index contributed by atoms with van der Waals surface area (Å²) in [7, 11) is -3.24. The van der Waals surface area contributed by atoms with Crippen LogP contribution >= 0.6 is 23.7 Å². The maximum absolute atomic E-state index is 12.6. The van der Waals surface area contributed by atoms with E-state index in [0.717, 1.165) is 59.0 Å². The molecular weight excluding hydrogens is 526 g/mol. The largest absolute Gasteiger partial charge is 0.369 e. The Kier molecular flexibility index (Phi) is 8.08. The predicted molar refractivity (Wildman–Crippen MR) is 157 cm³/mol. The average Bonchev–Trinajstić information content (AvgIpc) is 3.34. The topological polar surface area (TPSA) is 87.2 Å². The van der Waals surface area contributed by atoms with Crippen LogP contribution in [0.25, 0.3) is 21.6 Å². The van der Waals surface area contributed by atoms with Crippen LogP contribution in [0.1, 0.15) is 26.3 Å². The van der Waals surface area contributed by atoms with Gasteiger partial charge in [0.15, 0.2) is 15.7 Å². The molecule has 2 aromatic heterocycles. The van der Waals surface area contributed by atoms with Crippen LogP contribution in [0.3, 0.4) is 0 Å². The second-order valence-corrected chi connectivity index (χ2v) is 13.7. The molecule has 1 saturated heterocycles. The van der Waals surface area contributed by atoms with E-state index >= 15 is 0 Å². The standard InChI is InChI=1S/C27H31N5O2S2.ClH/c1-27(2,3)36(33,34)18-19-4-8-21(9-5-19)29-25-23-12-17-35-26(23)31-24(30-25)20-6-10-22(11-7-20)32-15-13-28-14-16-32;/h4-12,17,28H,13-16,18H2,1-3H3,(H,29,30,31);1H. The zero-order valence-corrected chi connectivity index (χ0v) is 23.6. The number of halogens is 1. The van der Waals surface area contributed by atoms with E-state index in [4.69, 9.17) is 9.97 Å². The van der Waals surface area contributed by atoms with Crippen LogP contribution in [-0.2, 0) is 15.6 Å². The molecule has 0 spiro atoms. The van der Waals surface area contributed by atoms with Crippen molar-refractivity contribution in [2.45, 2.75) is 31.3 Å². The summed E-state index contributed by atoms with van der Waals surface area (Å²) < 4.78 is 24.3. The number of hydrogen-bond acceptors (Lipinski definition) is 8. The number of nitrogens with one attached hydrogen (secondary N) is 2. The first-order chi connectivity index (χ1) is 17.2. The molecule has 0 bridgehead atoms. The van der Waals surface area contributed by atoms with Gasteiger partial charge in [-0.15, -0.1) is 23.7 Å². The summed E-state index contributed by atoms with van der Waals surface area (Å²) in [6.45, 7) is 9.21. The van der Waals surface area contributed by atoms with Crippen LogP contribution in [0.15, 0.2) is 60.0 Å². The third-order valence-electron chi connectivity index (χ3n) is 6.44. The maximum Gasteiger partial charge on any atom is 0.163 e. The van der Waals surface area contributed by atoms with Crippen LogP contribution in [-0.4, -0.2) is 49.3 Å². The first-order valence-corrected chi connectivity index (χ1v) is 14.6. The number of aromatic nitrogens is 2. The van der Waals surface area contributed by atoms with Crippen molar-refractivity contribution in [2.75, 3.05) is 36.4 Å². The molecule has 1 fully saturated rings. The number of rotatable bonds is 6. The molecular formula is C27H32ClN5O2S2. The van der Waals surface area contributed by atoms with Crippen molar-refractivity contribution in [3.63, 3.8) is 0 Å². The molecule has 5 rings (SSSR count). The average molecular weight is 558 g/mol. The Morgan fingerprint density at radius 2 is 1.65 bits per heavy atom. The fraction of sp³-hybridized carbons (Fsp3) is 0.333. The van der Waals surface area contributed by atoms with Crippen molar-refractivity contribution >= 4 is 61.0 Å². The van der Waals surface area contributed by atoms with E-state index in [-0.39, 0.29) is 18.2 Å². The van der Waals surface area contributed by atoms with Gasteiger partial charge < -0.3 is 15.5 Å². The minimum atomic E-state index is -3.24. The number of nitrogens with zero attached hydrogens (tertiary/aromatic N) is 3. The highest BCUT2D eigenvalue weighted by atomic mass is 35.5. The smallest absolute Gasteiger partial charge is 0.163 e. The Labute approximate surface area is 228 Å². The summed E-state index contributed by atoms with van der Waals surface area (Å²) in [6, 6.07) is 18.0. The van der Waals surface area contributed by atoms with E-state index < -0.39 is 14.6 Å². The van der Waals surface area contributed by atoms with Crippen molar-refractivity contribution < 1.29 is 8.42 Å². The first-order valence-electron chi connectivity index (χ1n) is 12.1. The Morgan fingerprint density at radius 3 is 2.30 bits per heavy atom. The molecule has 0 unspecified atom stereocenters. The molecule has 1 aliphatic rings. The molecule has 0 radical (unpaired) electrons. The molecule has 3 heterocycles. The van der Waals surface area contributed by atoms with Gasteiger partial charge in [-0.2, -0.15) is 0 Å². The van der Waals surface area contributed by atoms with Gasteiger partial charge in [-0.1, -0.05) is 12.1 Å². The Bertz CT molecular complexity index is 1460. The number of anilines is 3. The van der Waals surface area contributed by atoms with Gasteiger partial charge >= 0.3 is 0 Å². The summed E-state index contributed by atoms with van der Waals surface area (Å²) >= 11 is 1.58. The minimum Gasteiger partial charge on any atom is -0.369 e. The van der Waals surface area contributed by atoms with Crippen LogP contribution in [0, 0.1) is 0 Å². The fourth-order valence-electron chi connectivity index (χ4n) is 4.08. The molecule has 1 aliphatic heterocycles. The molecule has 4 aromatic rings. The number of sulfone groups is 1. The van der Waals surface area contributed by atoms with Crippen molar-refractivity contribution in [1.82, 2.24) is 15.3 Å². The second-order valence-electron chi connectivity index (χ2n) is 10.0. The van der Waals surface area contributed by atoms with Gasteiger partial charge in [0, 0.05) is 43.1 Å². The normalized spacial score (nSPS) is 14.4. The van der Waals surface area contributed by atoms with E-state index in [9.17, 15) is 8.42 Å². The third kappa shape index (κ3) is 6.06. The Balaban J connectivity index is 0.00000320. The number of piperazine rings is 1. The van der Waals surface area contributed by atoms with Gasteiger partial charge in [0.2, 0.25) is 0 Å². The molecule has 2 N–H and O–H groups in total.